The highest BCUT2D eigenvalue weighted by Gasteiger charge is 2.20. The number of amides is 1. The highest BCUT2D eigenvalue weighted by atomic mass is 16.6. The molecule has 1 unspecified atom stereocenters. The van der Waals surface area contributed by atoms with Gasteiger partial charge >= 0.3 is 6.09 Å². The fraction of sp³-hybridized carbons (Fsp3) is 0.800. The molecule has 0 saturated heterocycles. The monoisotopic (exact) mass is 198 g/mol. The Balaban J connectivity index is 4.08. The molecule has 0 aliphatic rings. The fourth-order valence-corrected chi connectivity index (χ4v) is 0.866. The minimum absolute atomic E-state index is 0.174. The number of hydrogen-bond donors (Lipinski definition) is 0. The molecule has 0 radical (unpaired) electrons. The van der Waals surface area contributed by atoms with Crippen LogP contribution in [0.3, 0.4) is 0 Å². The molecule has 0 aromatic rings. The van der Waals surface area contributed by atoms with Gasteiger partial charge in [-0.2, -0.15) is 5.26 Å². The lowest BCUT2D eigenvalue weighted by atomic mass is 10.2. The third kappa shape index (κ3) is 5.41. The van der Waals surface area contributed by atoms with Crippen LogP contribution in [0.5, 0.6) is 0 Å². The largest absolute Gasteiger partial charge is 0.444 e. The first kappa shape index (κ1) is 12.8. The number of ether oxygens (including phenoxy) is 1. The lowest BCUT2D eigenvalue weighted by Crippen LogP contribution is -2.36. The first-order valence-electron chi connectivity index (χ1n) is 4.60. The van der Waals surface area contributed by atoms with Gasteiger partial charge < -0.3 is 9.64 Å². The SMILES string of the molecule is CC(C#N)CN(C)C(=O)OC(C)(C)C. The Bertz CT molecular complexity index is 237. The summed E-state index contributed by atoms with van der Waals surface area (Å²) in [5.74, 6) is -0.174. The molecule has 0 spiro atoms. The molecule has 0 aliphatic carbocycles. The minimum Gasteiger partial charge on any atom is -0.444 e. The summed E-state index contributed by atoms with van der Waals surface area (Å²) in [5.41, 5.74) is -0.485. The van der Waals surface area contributed by atoms with Crippen molar-refractivity contribution < 1.29 is 9.53 Å². The molecule has 0 N–H and O–H groups in total. The molecular formula is C10H18N2O2. The van der Waals surface area contributed by atoms with E-state index in [4.69, 9.17) is 10.00 Å². The van der Waals surface area contributed by atoms with Crippen LogP contribution in [0.4, 0.5) is 4.79 Å². The highest BCUT2D eigenvalue weighted by Crippen LogP contribution is 2.09. The van der Waals surface area contributed by atoms with Crippen LogP contribution in [0.1, 0.15) is 27.7 Å². The van der Waals surface area contributed by atoms with Gasteiger partial charge in [-0.05, 0) is 27.7 Å². The van der Waals surface area contributed by atoms with Gasteiger partial charge in [-0.15, -0.1) is 0 Å². The van der Waals surface area contributed by atoms with Gasteiger partial charge in [0.15, 0.2) is 0 Å². The summed E-state index contributed by atoms with van der Waals surface area (Å²) < 4.78 is 5.12. The van der Waals surface area contributed by atoms with Crippen LogP contribution in [0, 0.1) is 17.2 Å². The van der Waals surface area contributed by atoms with Crippen molar-refractivity contribution in [2.24, 2.45) is 5.92 Å². The highest BCUT2D eigenvalue weighted by molar-refractivity contribution is 5.67. The third-order valence-corrected chi connectivity index (χ3v) is 1.47. The van der Waals surface area contributed by atoms with E-state index in [1.165, 1.54) is 4.90 Å². The average molecular weight is 198 g/mol. The number of hydrogen-bond acceptors (Lipinski definition) is 3. The van der Waals surface area contributed by atoms with Crippen molar-refractivity contribution >= 4 is 6.09 Å². The number of rotatable bonds is 2. The number of nitrogens with zero attached hydrogens (tertiary/aromatic N) is 2. The van der Waals surface area contributed by atoms with Gasteiger partial charge in [-0.1, -0.05) is 0 Å². The van der Waals surface area contributed by atoms with Crippen LogP contribution < -0.4 is 0 Å². The van der Waals surface area contributed by atoms with E-state index in [1.54, 1.807) is 14.0 Å². The van der Waals surface area contributed by atoms with Gasteiger partial charge in [0.05, 0.1) is 12.0 Å². The van der Waals surface area contributed by atoms with Crippen molar-refractivity contribution in [1.82, 2.24) is 4.90 Å². The van der Waals surface area contributed by atoms with Crippen molar-refractivity contribution in [1.29, 1.82) is 5.26 Å². The molecule has 1 amide bonds. The summed E-state index contributed by atoms with van der Waals surface area (Å²) in [5, 5.41) is 8.57. The topological polar surface area (TPSA) is 53.3 Å². The van der Waals surface area contributed by atoms with Crippen molar-refractivity contribution in [3.05, 3.63) is 0 Å². The summed E-state index contributed by atoms with van der Waals surface area (Å²) in [6.07, 6.45) is -0.389. The number of carbonyl (C=O) groups excluding carboxylic acids is 1. The normalized spacial score (nSPS) is 12.9. The summed E-state index contributed by atoms with van der Waals surface area (Å²) >= 11 is 0. The standard InChI is InChI=1S/C10H18N2O2/c1-8(6-11)7-12(5)9(13)14-10(2,3)4/h8H,7H2,1-5H3. The molecule has 80 valence electrons. The molecule has 0 aromatic heterocycles. The molecule has 0 saturated carbocycles. The molecule has 0 fully saturated rings. The number of carbonyl (C=O) groups is 1. The Labute approximate surface area is 85.5 Å². The van der Waals surface area contributed by atoms with Crippen LogP contribution in [0.2, 0.25) is 0 Å². The van der Waals surface area contributed by atoms with E-state index in [0.29, 0.717) is 6.54 Å². The second-order valence-electron chi connectivity index (χ2n) is 4.39. The first-order chi connectivity index (χ1) is 6.26. The van der Waals surface area contributed by atoms with E-state index in [9.17, 15) is 4.79 Å². The summed E-state index contributed by atoms with van der Waals surface area (Å²) in [6, 6.07) is 2.06. The van der Waals surface area contributed by atoms with Crippen molar-refractivity contribution in [2.75, 3.05) is 13.6 Å². The molecule has 0 rings (SSSR count). The van der Waals surface area contributed by atoms with E-state index >= 15 is 0 Å². The van der Waals surface area contributed by atoms with Crippen LogP contribution in [0.25, 0.3) is 0 Å². The fourth-order valence-electron chi connectivity index (χ4n) is 0.866. The Hall–Kier alpha value is -1.24. The van der Waals surface area contributed by atoms with Crippen molar-refractivity contribution in [2.45, 2.75) is 33.3 Å². The Morgan fingerprint density at radius 1 is 1.57 bits per heavy atom. The van der Waals surface area contributed by atoms with Crippen LogP contribution in [0.15, 0.2) is 0 Å². The molecule has 4 nitrogen and oxygen atoms in total. The van der Waals surface area contributed by atoms with E-state index in [0.717, 1.165) is 0 Å². The van der Waals surface area contributed by atoms with E-state index in [1.807, 2.05) is 20.8 Å². The van der Waals surface area contributed by atoms with Crippen molar-refractivity contribution in [3.63, 3.8) is 0 Å². The molecular weight excluding hydrogens is 180 g/mol. The molecule has 0 heterocycles. The Morgan fingerprint density at radius 2 is 2.07 bits per heavy atom. The maximum atomic E-state index is 11.4. The zero-order chi connectivity index (χ0) is 11.4. The maximum absolute atomic E-state index is 11.4. The summed E-state index contributed by atoms with van der Waals surface area (Å²) in [7, 11) is 1.63. The zero-order valence-electron chi connectivity index (χ0n) is 9.50. The number of nitriles is 1. The molecule has 14 heavy (non-hydrogen) atoms. The predicted octanol–water partition coefficient (Wildman–Crippen LogP) is 2.01. The summed E-state index contributed by atoms with van der Waals surface area (Å²) in [4.78, 5) is 12.8. The smallest absolute Gasteiger partial charge is 0.410 e. The minimum atomic E-state index is -0.485. The third-order valence-electron chi connectivity index (χ3n) is 1.47. The van der Waals surface area contributed by atoms with E-state index in [2.05, 4.69) is 6.07 Å². The van der Waals surface area contributed by atoms with Gasteiger partial charge in [0, 0.05) is 13.6 Å². The predicted molar refractivity (Wildman–Crippen MR) is 53.6 cm³/mol. The molecule has 1 atom stereocenters. The molecule has 4 heteroatoms. The van der Waals surface area contributed by atoms with Gasteiger partial charge in [0.2, 0.25) is 0 Å². The summed E-state index contributed by atoms with van der Waals surface area (Å²) in [6.45, 7) is 7.59. The van der Waals surface area contributed by atoms with E-state index < -0.39 is 5.60 Å². The van der Waals surface area contributed by atoms with E-state index in [-0.39, 0.29) is 12.0 Å². The quantitative estimate of drug-likeness (QED) is 0.682. The van der Waals surface area contributed by atoms with Gasteiger partial charge in [-0.3, -0.25) is 0 Å². The Morgan fingerprint density at radius 3 is 2.43 bits per heavy atom. The van der Waals surface area contributed by atoms with Crippen molar-refractivity contribution in [3.8, 4) is 6.07 Å². The Kier molecular flexibility index (Phi) is 4.42. The molecule has 0 aromatic carbocycles. The molecule has 0 aliphatic heterocycles. The van der Waals surface area contributed by atoms with Gasteiger partial charge in [-0.25, -0.2) is 4.79 Å². The van der Waals surface area contributed by atoms with Crippen LogP contribution in [-0.4, -0.2) is 30.2 Å². The molecule has 0 bridgehead atoms. The van der Waals surface area contributed by atoms with Gasteiger partial charge in [0.25, 0.3) is 0 Å². The lowest BCUT2D eigenvalue weighted by Gasteiger charge is -2.25. The average Bonchev–Trinajstić information content (AvgIpc) is 2.00. The second kappa shape index (κ2) is 4.85. The second-order valence-corrected chi connectivity index (χ2v) is 4.39. The van der Waals surface area contributed by atoms with Crippen LogP contribution >= 0.6 is 0 Å². The maximum Gasteiger partial charge on any atom is 0.410 e. The first-order valence-corrected chi connectivity index (χ1v) is 4.60. The zero-order valence-corrected chi connectivity index (χ0v) is 9.50. The lowest BCUT2D eigenvalue weighted by molar-refractivity contribution is 0.0287. The van der Waals surface area contributed by atoms with Gasteiger partial charge in [0.1, 0.15) is 5.60 Å². The van der Waals surface area contributed by atoms with Crippen LogP contribution in [-0.2, 0) is 4.74 Å².